The third-order valence-corrected chi connectivity index (χ3v) is 4.64. The number of ether oxygens (including phenoxy) is 1. The number of sulfonamides is 1. The predicted octanol–water partition coefficient (Wildman–Crippen LogP) is 2.33. The Morgan fingerprint density at radius 3 is 2.23 bits per heavy atom. The molecule has 2 N–H and O–H groups in total. The Labute approximate surface area is 151 Å². The quantitative estimate of drug-likeness (QED) is 0.440. The summed E-state index contributed by atoms with van der Waals surface area (Å²) in [6.45, 7) is 4.95. The maximum absolute atomic E-state index is 12.1. The van der Waals surface area contributed by atoms with Gasteiger partial charge in [0.1, 0.15) is 5.75 Å². The minimum Gasteiger partial charge on any atom is -0.423 e. The average Bonchev–Trinajstić information content (AvgIpc) is 2.61. The van der Waals surface area contributed by atoms with E-state index in [2.05, 4.69) is 16.6 Å². The van der Waals surface area contributed by atoms with Crippen molar-refractivity contribution in [1.82, 2.24) is 4.72 Å². The van der Waals surface area contributed by atoms with E-state index >= 15 is 0 Å². The molecule has 0 saturated carbocycles. The molecular formula is C18H18N2O5S. The minimum atomic E-state index is -3.65. The highest BCUT2D eigenvalue weighted by Gasteiger charge is 2.15. The van der Waals surface area contributed by atoms with Gasteiger partial charge in [0.25, 0.3) is 0 Å². The molecule has 2 aromatic rings. The molecule has 1 amide bonds. The van der Waals surface area contributed by atoms with Crippen LogP contribution in [0.4, 0.5) is 5.69 Å². The number of rotatable bonds is 7. The van der Waals surface area contributed by atoms with Crippen LogP contribution in [-0.2, 0) is 14.8 Å². The number of nitrogens with one attached hydrogen (secondary N) is 2. The molecule has 0 aliphatic carbocycles. The van der Waals surface area contributed by atoms with Crippen molar-refractivity contribution in [2.45, 2.75) is 11.8 Å². The van der Waals surface area contributed by atoms with E-state index in [0.29, 0.717) is 11.4 Å². The molecule has 0 heterocycles. The van der Waals surface area contributed by atoms with Gasteiger partial charge in [-0.2, -0.15) is 0 Å². The highest BCUT2D eigenvalue weighted by atomic mass is 32.2. The van der Waals surface area contributed by atoms with E-state index in [1.54, 1.807) is 24.3 Å². The number of carbonyl (C=O) groups is 2. The predicted molar refractivity (Wildman–Crippen MR) is 97.5 cm³/mol. The van der Waals surface area contributed by atoms with Crippen LogP contribution in [0.2, 0.25) is 0 Å². The van der Waals surface area contributed by atoms with Gasteiger partial charge in [-0.05, 0) is 48.5 Å². The summed E-state index contributed by atoms with van der Waals surface area (Å²) in [6.07, 6.45) is 1.43. The summed E-state index contributed by atoms with van der Waals surface area (Å²) >= 11 is 0. The van der Waals surface area contributed by atoms with Gasteiger partial charge in [0.05, 0.1) is 10.5 Å². The Morgan fingerprint density at radius 2 is 1.69 bits per heavy atom. The lowest BCUT2D eigenvalue weighted by Gasteiger charge is -2.07. The lowest BCUT2D eigenvalue weighted by atomic mass is 10.2. The maximum Gasteiger partial charge on any atom is 0.343 e. The SMILES string of the molecule is C=CCNS(=O)(=O)c1ccc(C(=O)Oc2ccc(NC(C)=O)cc2)cc1. The van der Waals surface area contributed by atoms with E-state index in [4.69, 9.17) is 4.74 Å². The summed E-state index contributed by atoms with van der Waals surface area (Å²) in [5, 5.41) is 2.60. The van der Waals surface area contributed by atoms with Crippen LogP contribution in [0.25, 0.3) is 0 Å². The second-order valence-corrected chi connectivity index (χ2v) is 7.03. The molecule has 0 aliphatic heterocycles. The molecule has 0 unspecified atom stereocenters. The van der Waals surface area contributed by atoms with Gasteiger partial charge in [-0.3, -0.25) is 4.79 Å². The van der Waals surface area contributed by atoms with Gasteiger partial charge in [0.15, 0.2) is 0 Å². The van der Waals surface area contributed by atoms with E-state index in [-0.39, 0.29) is 22.9 Å². The fourth-order valence-electron chi connectivity index (χ4n) is 2.00. The zero-order valence-electron chi connectivity index (χ0n) is 14.1. The van der Waals surface area contributed by atoms with E-state index in [9.17, 15) is 18.0 Å². The van der Waals surface area contributed by atoms with Crippen LogP contribution in [0.5, 0.6) is 5.75 Å². The molecule has 0 bridgehead atoms. The lowest BCUT2D eigenvalue weighted by molar-refractivity contribution is -0.114. The van der Waals surface area contributed by atoms with Crippen LogP contribution in [0, 0.1) is 0 Å². The van der Waals surface area contributed by atoms with Crippen LogP contribution < -0.4 is 14.8 Å². The van der Waals surface area contributed by atoms with Crippen molar-refractivity contribution in [1.29, 1.82) is 0 Å². The van der Waals surface area contributed by atoms with Gasteiger partial charge >= 0.3 is 5.97 Å². The Hall–Kier alpha value is -2.97. The summed E-state index contributed by atoms with van der Waals surface area (Å²) in [4.78, 5) is 23.1. The number of benzene rings is 2. The van der Waals surface area contributed by atoms with Gasteiger partial charge in [-0.25, -0.2) is 17.9 Å². The van der Waals surface area contributed by atoms with Gasteiger partial charge < -0.3 is 10.1 Å². The smallest absolute Gasteiger partial charge is 0.343 e. The zero-order valence-corrected chi connectivity index (χ0v) is 14.9. The first-order valence-corrected chi connectivity index (χ1v) is 9.10. The molecule has 0 fully saturated rings. The van der Waals surface area contributed by atoms with Crippen molar-refractivity contribution >= 4 is 27.6 Å². The van der Waals surface area contributed by atoms with E-state index in [1.165, 1.54) is 37.3 Å². The summed E-state index contributed by atoms with van der Waals surface area (Å²) in [5.74, 6) is -0.527. The van der Waals surface area contributed by atoms with Gasteiger partial charge in [-0.15, -0.1) is 6.58 Å². The van der Waals surface area contributed by atoms with E-state index in [0.717, 1.165) is 0 Å². The number of carbonyl (C=O) groups excluding carboxylic acids is 2. The first kappa shape index (κ1) is 19.4. The highest BCUT2D eigenvalue weighted by molar-refractivity contribution is 7.89. The Bertz CT molecular complexity index is 904. The fourth-order valence-corrected chi connectivity index (χ4v) is 3.00. The number of hydrogen-bond acceptors (Lipinski definition) is 5. The monoisotopic (exact) mass is 374 g/mol. The second kappa shape index (κ2) is 8.41. The molecule has 2 rings (SSSR count). The van der Waals surface area contributed by atoms with Crippen LogP contribution >= 0.6 is 0 Å². The van der Waals surface area contributed by atoms with Crippen LogP contribution in [0.3, 0.4) is 0 Å². The molecule has 136 valence electrons. The van der Waals surface area contributed by atoms with Crippen LogP contribution in [-0.4, -0.2) is 26.8 Å². The largest absolute Gasteiger partial charge is 0.423 e. The summed E-state index contributed by atoms with van der Waals surface area (Å²) < 4.78 is 31.5. The van der Waals surface area contributed by atoms with E-state index < -0.39 is 16.0 Å². The number of amides is 1. The molecule has 8 heteroatoms. The minimum absolute atomic E-state index is 0.0376. The standard InChI is InChI=1S/C18H18N2O5S/c1-3-12-19-26(23,24)17-10-4-14(5-11-17)18(22)25-16-8-6-15(7-9-16)20-13(2)21/h3-11,19H,1,12H2,2H3,(H,20,21). The molecule has 26 heavy (non-hydrogen) atoms. The molecule has 0 atom stereocenters. The molecule has 0 saturated heterocycles. The molecule has 0 aliphatic rings. The Morgan fingerprint density at radius 1 is 1.08 bits per heavy atom. The fraction of sp³-hybridized carbons (Fsp3) is 0.111. The first-order chi connectivity index (χ1) is 12.3. The molecule has 0 radical (unpaired) electrons. The van der Waals surface area contributed by atoms with Crippen molar-refractivity contribution < 1.29 is 22.7 Å². The Kier molecular flexibility index (Phi) is 6.26. The summed E-state index contributed by atoms with van der Waals surface area (Å²) in [5.41, 5.74) is 0.789. The molecule has 7 nitrogen and oxygen atoms in total. The van der Waals surface area contributed by atoms with Crippen molar-refractivity contribution in [3.8, 4) is 5.75 Å². The van der Waals surface area contributed by atoms with Crippen molar-refractivity contribution in [2.24, 2.45) is 0 Å². The van der Waals surface area contributed by atoms with Crippen molar-refractivity contribution in [3.05, 3.63) is 66.7 Å². The van der Waals surface area contributed by atoms with Crippen molar-refractivity contribution in [3.63, 3.8) is 0 Å². The number of anilines is 1. The van der Waals surface area contributed by atoms with Gasteiger partial charge in [-0.1, -0.05) is 6.08 Å². The van der Waals surface area contributed by atoms with Crippen molar-refractivity contribution in [2.75, 3.05) is 11.9 Å². The van der Waals surface area contributed by atoms with Crippen LogP contribution in [0.15, 0.2) is 66.1 Å². The summed E-state index contributed by atoms with van der Waals surface area (Å²) in [6, 6.07) is 11.7. The van der Waals surface area contributed by atoms with E-state index in [1.807, 2.05) is 0 Å². The second-order valence-electron chi connectivity index (χ2n) is 5.26. The number of hydrogen-bond donors (Lipinski definition) is 2. The summed E-state index contributed by atoms with van der Waals surface area (Å²) in [7, 11) is -3.65. The average molecular weight is 374 g/mol. The van der Waals surface area contributed by atoms with Crippen LogP contribution in [0.1, 0.15) is 17.3 Å². The lowest BCUT2D eigenvalue weighted by Crippen LogP contribution is -2.23. The third kappa shape index (κ3) is 5.27. The maximum atomic E-state index is 12.1. The topological polar surface area (TPSA) is 102 Å². The molecule has 2 aromatic carbocycles. The highest BCUT2D eigenvalue weighted by Crippen LogP contribution is 2.18. The molecule has 0 aromatic heterocycles. The molecule has 0 spiro atoms. The van der Waals surface area contributed by atoms with Gasteiger partial charge in [0.2, 0.25) is 15.9 Å². The van der Waals surface area contributed by atoms with Gasteiger partial charge in [0, 0.05) is 19.2 Å². The Balaban J connectivity index is 2.06. The first-order valence-electron chi connectivity index (χ1n) is 7.62. The zero-order chi connectivity index (χ0) is 19.2. The number of esters is 1. The normalized spacial score (nSPS) is 10.8. The molecular weight excluding hydrogens is 356 g/mol. The third-order valence-electron chi connectivity index (χ3n) is 3.20.